The molecule has 0 aliphatic heterocycles. The number of methoxy groups -OCH3 is 4. The molecule has 0 saturated heterocycles. The molecule has 0 saturated carbocycles. The molecule has 0 unspecified atom stereocenters. The van der Waals surface area contributed by atoms with E-state index in [1.807, 2.05) is 0 Å². The van der Waals surface area contributed by atoms with Crippen molar-refractivity contribution in [2.75, 3.05) is 28.4 Å². The van der Waals surface area contributed by atoms with E-state index >= 15 is 0 Å². The number of hydrogen-bond donors (Lipinski definition) is 0. The first-order valence-corrected chi connectivity index (χ1v) is 15.1. The van der Waals surface area contributed by atoms with E-state index in [4.69, 9.17) is 32.8 Å². The minimum atomic E-state index is -2.26. The number of carbonyl (C=O) groups is 2. The van der Waals surface area contributed by atoms with Gasteiger partial charge < -0.3 is 32.8 Å². The van der Waals surface area contributed by atoms with E-state index in [1.54, 1.807) is 37.4 Å². The van der Waals surface area contributed by atoms with Gasteiger partial charge in [0.25, 0.3) is 8.32 Å². The SMILES string of the molecule is COc1ccc([C@H](OC(C)=O)[C@@H](OC(C)=O)c2cc(OC)c(OC)c(OC)c2)cc1O[Si](C)(C)C(C)(C)C. The van der Waals surface area contributed by atoms with Crippen LogP contribution in [0.2, 0.25) is 18.1 Å². The molecule has 0 fully saturated rings. The molecule has 0 heterocycles. The molecule has 2 rings (SSSR count). The van der Waals surface area contributed by atoms with E-state index in [1.165, 1.54) is 35.2 Å². The zero-order chi connectivity index (χ0) is 28.8. The molecule has 2 aromatic carbocycles. The summed E-state index contributed by atoms with van der Waals surface area (Å²) in [6, 6.07) is 8.57. The van der Waals surface area contributed by atoms with Crippen LogP contribution in [0.5, 0.6) is 28.7 Å². The summed E-state index contributed by atoms with van der Waals surface area (Å²) >= 11 is 0. The van der Waals surface area contributed by atoms with Crippen molar-refractivity contribution in [3.63, 3.8) is 0 Å². The maximum Gasteiger partial charge on any atom is 0.303 e. The van der Waals surface area contributed by atoms with Crippen molar-refractivity contribution >= 4 is 20.3 Å². The average Bonchev–Trinajstić information content (AvgIpc) is 2.83. The van der Waals surface area contributed by atoms with Crippen LogP contribution in [-0.2, 0) is 19.1 Å². The van der Waals surface area contributed by atoms with Gasteiger partial charge in [0, 0.05) is 25.0 Å². The third-order valence-corrected chi connectivity index (χ3v) is 10.9. The van der Waals surface area contributed by atoms with Crippen LogP contribution >= 0.6 is 0 Å². The van der Waals surface area contributed by atoms with Crippen LogP contribution in [0.1, 0.15) is 58.0 Å². The topological polar surface area (TPSA) is 98.8 Å². The van der Waals surface area contributed by atoms with Gasteiger partial charge in [0.05, 0.1) is 28.4 Å². The van der Waals surface area contributed by atoms with E-state index in [-0.39, 0.29) is 5.04 Å². The highest BCUT2D eigenvalue weighted by atomic mass is 28.4. The minimum Gasteiger partial charge on any atom is -0.541 e. The van der Waals surface area contributed by atoms with E-state index in [0.29, 0.717) is 39.9 Å². The van der Waals surface area contributed by atoms with Crippen LogP contribution in [0, 0.1) is 0 Å². The molecule has 0 aliphatic rings. The Labute approximate surface area is 226 Å². The second-order valence-corrected chi connectivity index (χ2v) is 15.0. The molecule has 0 bridgehead atoms. The highest BCUT2D eigenvalue weighted by molar-refractivity contribution is 6.74. The third-order valence-electron chi connectivity index (χ3n) is 6.56. The lowest BCUT2D eigenvalue weighted by Crippen LogP contribution is -2.44. The Balaban J connectivity index is 2.75. The van der Waals surface area contributed by atoms with Gasteiger partial charge in [0.15, 0.2) is 29.5 Å². The Hall–Kier alpha value is -3.40. The summed E-state index contributed by atoms with van der Waals surface area (Å²) in [4.78, 5) is 24.5. The molecule has 0 aromatic heterocycles. The van der Waals surface area contributed by atoms with Crippen LogP contribution < -0.4 is 23.4 Å². The average molecular weight is 549 g/mol. The lowest BCUT2D eigenvalue weighted by Gasteiger charge is -2.37. The predicted octanol–water partition coefficient (Wildman–Crippen LogP) is 6.01. The molecule has 0 aliphatic carbocycles. The zero-order valence-corrected chi connectivity index (χ0v) is 25.2. The maximum atomic E-state index is 12.3. The number of hydrogen-bond acceptors (Lipinski definition) is 9. The first kappa shape index (κ1) is 30.8. The zero-order valence-electron chi connectivity index (χ0n) is 24.2. The van der Waals surface area contributed by atoms with Gasteiger partial charge in [0.1, 0.15) is 5.75 Å². The number of benzene rings is 2. The fourth-order valence-corrected chi connectivity index (χ4v) is 4.63. The predicted molar refractivity (Wildman–Crippen MR) is 146 cm³/mol. The van der Waals surface area contributed by atoms with Gasteiger partial charge in [0.2, 0.25) is 5.75 Å². The van der Waals surface area contributed by atoms with Gasteiger partial charge in [-0.2, -0.15) is 0 Å². The lowest BCUT2D eigenvalue weighted by molar-refractivity contribution is -0.166. The molecule has 210 valence electrons. The van der Waals surface area contributed by atoms with E-state index in [0.717, 1.165) is 0 Å². The Morgan fingerprint density at radius 3 is 1.53 bits per heavy atom. The molecule has 10 heteroatoms. The van der Waals surface area contributed by atoms with Gasteiger partial charge >= 0.3 is 11.9 Å². The van der Waals surface area contributed by atoms with Gasteiger partial charge in [-0.1, -0.05) is 26.8 Å². The fraction of sp³-hybridized carbons (Fsp3) is 0.500. The normalized spacial score (nSPS) is 13.1. The van der Waals surface area contributed by atoms with Crippen molar-refractivity contribution in [2.24, 2.45) is 0 Å². The summed E-state index contributed by atoms with van der Waals surface area (Å²) in [6.07, 6.45) is -2.06. The van der Waals surface area contributed by atoms with Gasteiger partial charge in [-0.05, 0) is 42.4 Å². The molecule has 38 heavy (non-hydrogen) atoms. The van der Waals surface area contributed by atoms with E-state index in [9.17, 15) is 9.59 Å². The standard InChI is InChI=1S/C28H40O9Si/c1-17(29)35-25(19-12-13-21(31-6)22(14-19)37-38(10,11)28(3,4)5)26(36-18(2)30)20-15-23(32-7)27(34-9)24(16-20)33-8/h12-16,25-26H,1-11H3/t25-,26-/m0/s1. The lowest BCUT2D eigenvalue weighted by atomic mass is 9.96. The van der Waals surface area contributed by atoms with Crippen molar-refractivity contribution in [2.45, 2.75) is 65.0 Å². The fourth-order valence-electron chi connectivity index (χ4n) is 3.61. The molecular formula is C28H40O9Si. The first-order chi connectivity index (χ1) is 17.7. The minimum absolute atomic E-state index is 0.0697. The van der Waals surface area contributed by atoms with Crippen molar-refractivity contribution in [1.82, 2.24) is 0 Å². The van der Waals surface area contributed by atoms with Crippen LogP contribution in [0.3, 0.4) is 0 Å². The van der Waals surface area contributed by atoms with Crippen molar-refractivity contribution in [1.29, 1.82) is 0 Å². The second-order valence-electron chi connectivity index (χ2n) is 10.3. The summed E-state index contributed by atoms with van der Waals surface area (Å²) in [5.41, 5.74) is 1.03. The van der Waals surface area contributed by atoms with E-state index in [2.05, 4.69) is 33.9 Å². The smallest absolute Gasteiger partial charge is 0.303 e. The summed E-state index contributed by atoms with van der Waals surface area (Å²) in [7, 11) is 3.77. The molecule has 0 radical (unpaired) electrons. The molecule has 0 amide bonds. The molecule has 0 spiro atoms. The Bertz CT molecular complexity index is 1110. The third kappa shape index (κ3) is 7.12. The highest BCUT2D eigenvalue weighted by Gasteiger charge is 2.40. The van der Waals surface area contributed by atoms with Crippen LogP contribution in [0.4, 0.5) is 0 Å². The van der Waals surface area contributed by atoms with Crippen molar-refractivity contribution < 1.29 is 42.4 Å². The monoisotopic (exact) mass is 548 g/mol. The molecule has 0 N–H and O–H groups in total. The van der Waals surface area contributed by atoms with Crippen molar-refractivity contribution in [3.8, 4) is 28.7 Å². The van der Waals surface area contributed by atoms with Crippen LogP contribution in [0.15, 0.2) is 30.3 Å². The maximum absolute atomic E-state index is 12.3. The molecular weight excluding hydrogens is 508 g/mol. The Kier molecular flexibility index (Phi) is 10.1. The summed E-state index contributed by atoms with van der Waals surface area (Å²) < 4.78 is 40.1. The number of ether oxygens (including phenoxy) is 6. The Morgan fingerprint density at radius 1 is 0.684 bits per heavy atom. The van der Waals surface area contributed by atoms with Crippen molar-refractivity contribution in [3.05, 3.63) is 41.5 Å². The largest absolute Gasteiger partial charge is 0.541 e. The van der Waals surface area contributed by atoms with Crippen LogP contribution in [0.25, 0.3) is 0 Å². The number of rotatable bonds is 11. The van der Waals surface area contributed by atoms with Gasteiger partial charge in [-0.3, -0.25) is 9.59 Å². The van der Waals surface area contributed by atoms with Crippen LogP contribution in [-0.4, -0.2) is 48.7 Å². The quantitative estimate of drug-likeness (QED) is 0.247. The second kappa shape index (κ2) is 12.4. The Morgan fingerprint density at radius 2 is 1.13 bits per heavy atom. The molecule has 2 atom stereocenters. The van der Waals surface area contributed by atoms with E-state index < -0.39 is 32.5 Å². The summed E-state index contributed by atoms with van der Waals surface area (Å²) in [6.45, 7) is 13.2. The summed E-state index contributed by atoms with van der Waals surface area (Å²) in [5.74, 6) is 1.03. The number of esters is 2. The number of carbonyl (C=O) groups excluding carboxylic acids is 2. The highest BCUT2D eigenvalue weighted by Crippen LogP contribution is 2.46. The van der Waals surface area contributed by atoms with Gasteiger partial charge in [-0.15, -0.1) is 0 Å². The molecule has 2 aromatic rings. The first-order valence-electron chi connectivity index (χ1n) is 12.2. The molecule has 9 nitrogen and oxygen atoms in total. The summed E-state index contributed by atoms with van der Waals surface area (Å²) in [5, 5.41) is -0.0697. The van der Waals surface area contributed by atoms with Gasteiger partial charge in [-0.25, -0.2) is 0 Å².